The van der Waals surface area contributed by atoms with Gasteiger partial charge < -0.3 is 15.6 Å². The molecule has 0 saturated heterocycles. The quantitative estimate of drug-likeness (QED) is 0.698. The van der Waals surface area contributed by atoms with Crippen LogP contribution in [0.4, 0.5) is 0 Å². The van der Waals surface area contributed by atoms with Crippen molar-refractivity contribution in [2.45, 2.75) is 44.6 Å². The van der Waals surface area contributed by atoms with Crippen LogP contribution in [0.25, 0.3) is 0 Å². The monoisotopic (exact) mass is 251 g/mol. The number of benzene rings is 1. The minimum atomic E-state index is -0.367. The van der Waals surface area contributed by atoms with Gasteiger partial charge in [-0.15, -0.1) is 0 Å². The summed E-state index contributed by atoms with van der Waals surface area (Å²) in [5.41, 5.74) is 6.86. The van der Waals surface area contributed by atoms with Crippen molar-refractivity contribution < 1.29 is 9.84 Å². The molecule has 2 unspecified atom stereocenters. The molecule has 0 aliphatic heterocycles. The van der Waals surface area contributed by atoms with Gasteiger partial charge in [0.15, 0.2) is 0 Å². The van der Waals surface area contributed by atoms with Crippen LogP contribution in [0.2, 0.25) is 0 Å². The van der Waals surface area contributed by atoms with E-state index in [1.54, 1.807) is 7.11 Å². The molecule has 0 saturated carbocycles. The molecule has 0 radical (unpaired) electrons. The van der Waals surface area contributed by atoms with Gasteiger partial charge in [-0.3, -0.25) is 0 Å². The van der Waals surface area contributed by atoms with E-state index in [0.29, 0.717) is 6.54 Å². The van der Waals surface area contributed by atoms with Gasteiger partial charge in [0.25, 0.3) is 0 Å². The van der Waals surface area contributed by atoms with Crippen LogP contribution in [0.5, 0.6) is 5.75 Å². The van der Waals surface area contributed by atoms with Crippen molar-refractivity contribution in [3.05, 3.63) is 29.8 Å². The third-order valence-electron chi connectivity index (χ3n) is 3.34. The van der Waals surface area contributed by atoms with Gasteiger partial charge in [-0.2, -0.15) is 0 Å². The molecule has 0 bridgehead atoms. The minimum absolute atomic E-state index is 0.00282. The molecule has 0 heterocycles. The predicted octanol–water partition coefficient (Wildman–Crippen LogP) is 2.68. The largest absolute Gasteiger partial charge is 0.497 e. The molecule has 2 atom stereocenters. The number of unbranched alkanes of at least 4 members (excludes halogenated alkanes) is 2. The first kappa shape index (κ1) is 15.0. The van der Waals surface area contributed by atoms with Gasteiger partial charge in [0.1, 0.15) is 5.75 Å². The molecule has 0 aromatic heterocycles. The van der Waals surface area contributed by atoms with E-state index in [1.807, 2.05) is 24.3 Å². The van der Waals surface area contributed by atoms with Crippen LogP contribution in [0.3, 0.4) is 0 Å². The van der Waals surface area contributed by atoms with Gasteiger partial charge in [0.2, 0.25) is 0 Å². The van der Waals surface area contributed by atoms with E-state index in [1.165, 1.54) is 6.42 Å². The van der Waals surface area contributed by atoms with E-state index in [4.69, 9.17) is 10.5 Å². The number of ether oxygens (including phenoxy) is 1. The smallest absolute Gasteiger partial charge is 0.119 e. The molecule has 1 rings (SSSR count). The zero-order chi connectivity index (χ0) is 13.4. The zero-order valence-electron chi connectivity index (χ0n) is 11.4. The predicted molar refractivity (Wildman–Crippen MR) is 74.9 cm³/mol. The number of rotatable bonds is 8. The molecule has 0 aliphatic carbocycles. The number of aliphatic hydroxyl groups excluding tert-OH is 1. The lowest BCUT2D eigenvalue weighted by Crippen LogP contribution is -2.25. The summed E-state index contributed by atoms with van der Waals surface area (Å²) in [4.78, 5) is 0. The molecule has 3 nitrogen and oxygen atoms in total. The first-order valence-corrected chi connectivity index (χ1v) is 6.75. The molecule has 1 aromatic carbocycles. The van der Waals surface area contributed by atoms with E-state index in [9.17, 15) is 5.11 Å². The van der Waals surface area contributed by atoms with Gasteiger partial charge in [0, 0.05) is 12.5 Å². The summed E-state index contributed by atoms with van der Waals surface area (Å²) < 4.78 is 5.21. The summed E-state index contributed by atoms with van der Waals surface area (Å²) in [6.07, 6.45) is 3.82. The summed E-state index contributed by atoms with van der Waals surface area (Å²) >= 11 is 0. The van der Waals surface area contributed by atoms with Gasteiger partial charge >= 0.3 is 0 Å². The van der Waals surface area contributed by atoms with Crippen molar-refractivity contribution in [3.8, 4) is 5.75 Å². The van der Waals surface area contributed by atoms with Crippen molar-refractivity contribution >= 4 is 0 Å². The Kier molecular flexibility index (Phi) is 6.76. The third kappa shape index (κ3) is 4.31. The molecular formula is C15H25NO2. The molecule has 0 amide bonds. The summed E-state index contributed by atoms with van der Waals surface area (Å²) in [7, 11) is 1.65. The van der Waals surface area contributed by atoms with Crippen molar-refractivity contribution in [2.75, 3.05) is 13.7 Å². The second-order valence-corrected chi connectivity index (χ2v) is 4.68. The Morgan fingerprint density at radius 2 is 2.11 bits per heavy atom. The Bertz CT molecular complexity index is 341. The number of methoxy groups -OCH3 is 1. The molecule has 0 spiro atoms. The number of nitrogens with two attached hydrogens (primary N) is 1. The fourth-order valence-corrected chi connectivity index (χ4v) is 2.19. The van der Waals surface area contributed by atoms with Crippen molar-refractivity contribution in [2.24, 2.45) is 5.73 Å². The van der Waals surface area contributed by atoms with E-state index in [2.05, 4.69) is 6.92 Å². The van der Waals surface area contributed by atoms with Crippen molar-refractivity contribution in [1.82, 2.24) is 0 Å². The Morgan fingerprint density at radius 1 is 1.33 bits per heavy atom. The van der Waals surface area contributed by atoms with E-state index in [0.717, 1.165) is 30.6 Å². The number of aliphatic hydroxyl groups is 1. The highest BCUT2D eigenvalue weighted by Crippen LogP contribution is 2.25. The summed E-state index contributed by atoms with van der Waals surface area (Å²) in [5.74, 6) is 0.809. The third-order valence-corrected chi connectivity index (χ3v) is 3.34. The fraction of sp³-hybridized carbons (Fsp3) is 0.600. The SMILES string of the molecule is CCCCCC(O)C(CN)c1cccc(OC)c1. The Balaban J connectivity index is 2.68. The minimum Gasteiger partial charge on any atom is -0.497 e. The molecule has 1 aromatic rings. The fourth-order valence-electron chi connectivity index (χ4n) is 2.19. The van der Waals surface area contributed by atoms with E-state index in [-0.39, 0.29) is 12.0 Å². The maximum atomic E-state index is 10.2. The zero-order valence-corrected chi connectivity index (χ0v) is 11.4. The molecule has 3 N–H and O–H groups in total. The van der Waals surface area contributed by atoms with E-state index < -0.39 is 0 Å². The molecule has 0 fully saturated rings. The first-order chi connectivity index (χ1) is 8.72. The maximum absolute atomic E-state index is 10.2. The Hall–Kier alpha value is -1.06. The standard InChI is InChI=1S/C15H25NO2/c1-3-4-5-9-15(17)14(11-16)12-7-6-8-13(10-12)18-2/h6-8,10,14-15,17H,3-5,9,11,16H2,1-2H3. The normalized spacial score (nSPS) is 14.2. The average molecular weight is 251 g/mol. The van der Waals surface area contributed by atoms with Crippen LogP contribution in [0.1, 0.15) is 44.1 Å². The summed E-state index contributed by atoms with van der Waals surface area (Å²) in [6.45, 7) is 2.62. The lowest BCUT2D eigenvalue weighted by Gasteiger charge is -2.22. The second-order valence-electron chi connectivity index (χ2n) is 4.68. The van der Waals surface area contributed by atoms with Gasteiger partial charge in [-0.25, -0.2) is 0 Å². The molecular weight excluding hydrogens is 226 g/mol. The average Bonchev–Trinajstić information content (AvgIpc) is 2.40. The molecule has 3 heteroatoms. The number of hydrogen-bond acceptors (Lipinski definition) is 3. The highest BCUT2D eigenvalue weighted by Gasteiger charge is 2.19. The first-order valence-electron chi connectivity index (χ1n) is 6.75. The second kappa shape index (κ2) is 8.11. The Labute approximate surface area is 110 Å². The lowest BCUT2D eigenvalue weighted by atomic mass is 9.90. The van der Waals surface area contributed by atoms with Crippen LogP contribution < -0.4 is 10.5 Å². The van der Waals surface area contributed by atoms with Gasteiger partial charge in [0.05, 0.1) is 13.2 Å². The molecule has 102 valence electrons. The van der Waals surface area contributed by atoms with Gasteiger partial charge in [-0.05, 0) is 24.1 Å². The topological polar surface area (TPSA) is 55.5 Å². The van der Waals surface area contributed by atoms with Crippen LogP contribution in [-0.4, -0.2) is 24.9 Å². The van der Waals surface area contributed by atoms with Crippen molar-refractivity contribution in [3.63, 3.8) is 0 Å². The van der Waals surface area contributed by atoms with Crippen LogP contribution >= 0.6 is 0 Å². The molecule has 0 aliphatic rings. The van der Waals surface area contributed by atoms with Crippen LogP contribution in [-0.2, 0) is 0 Å². The molecule has 18 heavy (non-hydrogen) atoms. The van der Waals surface area contributed by atoms with Crippen LogP contribution in [0.15, 0.2) is 24.3 Å². The van der Waals surface area contributed by atoms with Crippen molar-refractivity contribution in [1.29, 1.82) is 0 Å². The Morgan fingerprint density at radius 3 is 2.72 bits per heavy atom. The van der Waals surface area contributed by atoms with Gasteiger partial charge in [-0.1, -0.05) is 38.3 Å². The maximum Gasteiger partial charge on any atom is 0.119 e. The summed E-state index contributed by atoms with van der Waals surface area (Å²) in [6, 6.07) is 7.81. The van der Waals surface area contributed by atoms with Crippen LogP contribution in [0, 0.1) is 0 Å². The highest BCUT2D eigenvalue weighted by molar-refractivity contribution is 5.31. The van der Waals surface area contributed by atoms with E-state index >= 15 is 0 Å². The lowest BCUT2D eigenvalue weighted by molar-refractivity contribution is 0.132. The summed E-state index contributed by atoms with van der Waals surface area (Å²) in [5, 5.41) is 10.2. The number of hydrogen-bond donors (Lipinski definition) is 2. The highest BCUT2D eigenvalue weighted by atomic mass is 16.5.